The van der Waals surface area contributed by atoms with E-state index in [0.29, 0.717) is 16.0 Å². The molecule has 4 rings (SSSR count). The Hall–Kier alpha value is -3.70. The Kier molecular flexibility index (Phi) is 5.92. The number of anilines is 2. The molecule has 2 aromatic carbocycles. The number of ether oxygens (including phenoxy) is 1. The average molecular weight is 484 g/mol. The number of alkyl halides is 6. The number of hydrogen-bond donors (Lipinski definition) is 2. The maximum atomic E-state index is 13.8. The van der Waals surface area contributed by atoms with Crippen molar-refractivity contribution in [3.8, 4) is 5.75 Å². The van der Waals surface area contributed by atoms with E-state index >= 15 is 0 Å². The molecule has 0 unspecified atom stereocenters. The van der Waals surface area contributed by atoms with Crippen LogP contribution < -0.4 is 15.4 Å². The van der Waals surface area contributed by atoms with Crippen LogP contribution in [0.4, 0.5) is 37.8 Å². The number of nitrogens with zero attached hydrogens (tertiary/aromatic N) is 2. The van der Waals surface area contributed by atoms with Crippen molar-refractivity contribution >= 4 is 17.4 Å². The van der Waals surface area contributed by atoms with Gasteiger partial charge < -0.3 is 15.4 Å². The molecule has 34 heavy (non-hydrogen) atoms. The third kappa shape index (κ3) is 4.66. The van der Waals surface area contributed by atoms with Gasteiger partial charge in [0.25, 0.3) is 5.91 Å². The topological polar surface area (TPSA) is 68.2 Å². The van der Waals surface area contributed by atoms with Gasteiger partial charge in [-0.05, 0) is 35.9 Å². The third-order valence-corrected chi connectivity index (χ3v) is 5.43. The molecule has 2 heterocycles. The highest BCUT2D eigenvalue weighted by atomic mass is 19.4. The molecule has 3 aromatic rings. The quantitative estimate of drug-likeness (QED) is 0.458. The summed E-state index contributed by atoms with van der Waals surface area (Å²) in [5.41, 5.74) is -0.868. The Morgan fingerprint density at radius 1 is 1.12 bits per heavy atom. The van der Waals surface area contributed by atoms with Crippen LogP contribution in [0.5, 0.6) is 5.75 Å². The van der Waals surface area contributed by atoms with E-state index in [9.17, 15) is 31.1 Å². The van der Waals surface area contributed by atoms with Crippen molar-refractivity contribution in [1.29, 1.82) is 0 Å². The van der Waals surface area contributed by atoms with Crippen molar-refractivity contribution in [2.24, 2.45) is 0 Å². The minimum Gasteiger partial charge on any atom is -0.497 e. The van der Waals surface area contributed by atoms with Crippen molar-refractivity contribution in [1.82, 2.24) is 9.78 Å². The molecule has 2 N–H and O–H groups in total. The van der Waals surface area contributed by atoms with Gasteiger partial charge in [-0.1, -0.05) is 18.2 Å². The second kappa shape index (κ2) is 8.58. The van der Waals surface area contributed by atoms with Crippen LogP contribution in [0.15, 0.2) is 54.7 Å². The zero-order chi connectivity index (χ0) is 24.7. The van der Waals surface area contributed by atoms with E-state index in [2.05, 4.69) is 15.7 Å². The fourth-order valence-corrected chi connectivity index (χ4v) is 3.78. The molecule has 0 bridgehead atoms. The highest BCUT2D eigenvalue weighted by molar-refractivity contribution is 6.07. The van der Waals surface area contributed by atoms with Crippen molar-refractivity contribution in [2.45, 2.75) is 30.9 Å². The summed E-state index contributed by atoms with van der Waals surface area (Å²) in [5.74, 6) is -0.643. The van der Waals surface area contributed by atoms with Gasteiger partial charge in [0.2, 0.25) is 0 Å². The van der Waals surface area contributed by atoms with Gasteiger partial charge in [-0.25, -0.2) is 4.68 Å². The van der Waals surface area contributed by atoms with Crippen molar-refractivity contribution in [2.75, 3.05) is 17.7 Å². The number of benzene rings is 2. The second-order valence-corrected chi connectivity index (χ2v) is 7.65. The maximum Gasteiger partial charge on any atom is 0.416 e. The summed E-state index contributed by atoms with van der Waals surface area (Å²) < 4.78 is 86.3. The molecule has 0 fully saturated rings. The largest absolute Gasteiger partial charge is 0.497 e. The molecule has 1 aromatic heterocycles. The smallest absolute Gasteiger partial charge is 0.416 e. The molecule has 0 aliphatic carbocycles. The number of halogens is 6. The van der Waals surface area contributed by atoms with Crippen LogP contribution in [0.2, 0.25) is 0 Å². The highest BCUT2D eigenvalue weighted by Gasteiger charge is 2.47. The SMILES string of the molecule is COc1cccc([C@@H]2C[C@H](C(F)(F)F)n3ncc(C(=O)Nc4cccc(C(F)(F)F)c4)c3N2)c1. The van der Waals surface area contributed by atoms with Gasteiger partial charge in [-0.3, -0.25) is 4.79 Å². The van der Waals surface area contributed by atoms with Gasteiger partial charge in [0, 0.05) is 12.1 Å². The van der Waals surface area contributed by atoms with Crippen molar-refractivity contribution < 1.29 is 35.9 Å². The standard InChI is InChI=1S/C22H18F6N4O2/c1-34-15-7-2-4-12(8-15)17-10-18(22(26,27)28)32-19(31-17)16(11-29-32)20(33)30-14-6-3-5-13(9-14)21(23,24)25/h2-9,11,17-18,31H,10H2,1H3,(H,30,33)/t17-,18+/m0/s1. The van der Waals surface area contributed by atoms with E-state index in [1.165, 1.54) is 13.2 Å². The molecule has 2 atom stereocenters. The number of carbonyl (C=O) groups is 1. The lowest BCUT2D eigenvalue weighted by Crippen LogP contribution is -2.36. The zero-order valence-corrected chi connectivity index (χ0v) is 17.5. The third-order valence-electron chi connectivity index (χ3n) is 5.43. The average Bonchev–Trinajstić information content (AvgIpc) is 3.21. The molecule has 1 amide bonds. The van der Waals surface area contributed by atoms with E-state index in [4.69, 9.17) is 4.74 Å². The molecule has 0 saturated carbocycles. The van der Waals surface area contributed by atoms with E-state index in [1.807, 2.05) is 0 Å². The molecule has 1 aliphatic rings. The van der Waals surface area contributed by atoms with Crippen LogP contribution in [-0.2, 0) is 6.18 Å². The van der Waals surface area contributed by atoms with Crippen LogP contribution in [0, 0.1) is 0 Å². The number of aromatic nitrogens is 2. The number of amides is 1. The molecule has 12 heteroatoms. The summed E-state index contributed by atoms with van der Waals surface area (Å²) >= 11 is 0. The van der Waals surface area contributed by atoms with Gasteiger partial charge in [0.1, 0.15) is 17.1 Å². The zero-order valence-electron chi connectivity index (χ0n) is 17.5. The fraction of sp³-hybridized carbons (Fsp3) is 0.273. The Morgan fingerprint density at radius 2 is 1.85 bits per heavy atom. The Bertz CT molecular complexity index is 1200. The first-order chi connectivity index (χ1) is 16.0. The normalized spacial score (nSPS) is 18.1. The molecule has 1 aliphatic heterocycles. The lowest BCUT2D eigenvalue weighted by molar-refractivity contribution is -0.173. The van der Waals surface area contributed by atoms with Gasteiger partial charge in [0.15, 0.2) is 6.04 Å². The predicted molar refractivity (Wildman–Crippen MR) is 111 cm³/mol. The number of carbonyl (C=O) groups excluding carboxylic acids is 1. The molecule has 180 valence electrons. The van der Waals surface area contributed by atoms with Crippen LogP contribution in [0.25, 0.3) is 0 Å². The summed E-state index contributed by atoms with van der Waals surface area (Å²) in [6.07, 6.45) is -8.71. The Balaban J connectivity index is 1.67. The van der Waals surface area contributed by atoms with Crippen molar-refractivity contribution in [3.05, 3.63) is 71.4 Å². The van der Waals surface area contributed by atoms with E-state index in [-0.39, 0.29) is 23.5 Å². The summed E-state index contributed by atoms with van der Waals surface area (Å²) in [5, 5.41) is 8.98. The number of nitrogens with one attached hydrogen (secondary N) is 2. The van der Waals surface area contributed by atoms with Crippen LogP contribution >= 0.6 is 0 Å². The van der Waals surface area contributed by atoms with E-state index in [0.717, 1.165) is 24.4 Å². The monoisotopic (exact) mass is 484 g/mol. The van der Waals surface area contributed by atoms with Gasteiger partial charge in [-0.15, -0.1) is 0 Å². The van der Waals surface area contributed by atoms with Crippen LogP contribution in [0.1, 0.15) is 40.0 Å². The molecule has 6 nitrogen and oxygen atoms in total. The molecule has 0 radical (unpaired) electrons. The van der Waals surface area contributed by atoms with Gasteiger partial charge >= 0.3 is 12.4 Å². The van der Waals surface area contributed by atoms with E-state index in [1.54, 1.807) is 24.3 Å². The first kappa shape index (κ1) is 23.5. The van der Waals surface area contributed by atoms with Crippen LogP contribution in [-0.4, -0.2) is 29.0 Å². The second-order valence-electron chi connectivity index (χ2n) is 7.65. The minimum absolute atomic E-state index is 0.160. The van der Waals surface area contributed by atoms with Gasteiger partial charge in [0.05, 0.1) is 24.9 Å². The Morgan fingerprint density at radius 3 is 2.53 bits per heavy atom. The first-order valence-electron chi connectivity index (χ1n) is 10.0. The Labute approximate surface area is 189 Å². The predicted octanol–water partition coefficient (Wildman–Crippen LogP) is 5.82. The van der Waals surface area contributed by atoms with E-state index < -0.39 is 35.9 Å². The summed E-state index contributed by atoms with van der Waals surface area (Å²) in [4.78, 5) is 12.8. The fourth-order valence-electron chi connectivity index (χ4n) is 3.78. The summed E-state index contributed by atoms with van der Waals surface area (Å²) in [6.45, 7) is 0. The lowest BCUT2D eigenvalue weighted by Gasteiger charge is -2.34. The van der Waals surface area contributed by atoms with Crippen LogP contribution in [0.3, 0.4) is 0 Å². The highest BCUT2D eigenvalue weighted by Crippen LogP contribution is 2.44. The maximum absolute atomic E-state index is 13.8. The molecule has 0 saturated heterocycles. The first-order valence-corrected chi connectivity index (χ1v) is 10.0. The van der Waals surface area contributed by atoms with Gasteiger partial charge in [-0.2, -0.15) is 31.4 Å². The lowest BCUT2D eigenvalue weighted by atomic mass is 9.96. The summed E-state index contributed by atoms with van der Waals surface area (Å²) in [6, 6.07) is 7.57. The summed E-state index contributed by atoms with van der Waals surface area (Å²) in [7, 11) is 1.43. The molecular formula is C22H18F6N4O2. The molecule has 0 spiro atoms. The number of hydrogen-bond acceptors (Lipinski definition) is 4. The minimum atomic E-state index is -4.66. The number of fused-ring (bicyclic) bond motifs is 1. The number of rotatable bonds is 4. The molecular weight excluding hydrogens is 466 g/mol. The number of methoxy groups -OCH3 is 1. The van der Waals surface area contributed by atoms with Crippen molar-refractivity contribution in [3.63, 3.8) is 0 Å².